The van der Waals surface area contributed by atoms with Crippen LogP contribution >= 0.6 is 0 Å². The monoisotopic (exact) mass is 297 g/mol. The molecule has 1 rings (SSSR count). The Hall–Kier alpha value is -1.21. The summed E-state index contributed by atoms with van der Waals surface area (Å²) in [7, 11) is 0. The first-order valence-electron chi connectivity index (χ1n) is 6.14. The van der Waals surface area contributed by atoms with E-state index >= 15 is 0 Å². The molecule has 114 valence electrons. The molecule has 0 spiro atoms. The second-order valence-corrected chi connectivity index (χ2v) is 4.49. The average Bonchev–Trinajstić information content (AvgIpc) is 2.31. The van der Waals surface area contributed by atoms with Gasteiger partial charge in [-0.05, 0) is 30.7 Å². The lowest BCUT2D eigenvalue weighted by molar-refractivity contribution is -0.146. The Balaban J connectivity index is 2.59. The summed E-state index contributed by atoms with van der Waals surface area (Å²) in [5, 5.41) is 9.77. The highest BCUT2D eigenvalue weighted by atomic mass is 19.4. The molecule has 20 heavy (non-hydrogen) atoms. The van der Waals surface area contributed by atoms with E-state index < -0.39 is 30.5 Å². The lowest BCUT2D eigenvalue weighted by atomic mass is 10.1. The fourth-order valence-electron chi connectivity index (χ4n) is 1.84. The predicted molar refractivity (Wildman–Crippen MR) is 64.1 cm³/mol. The molecule has 0 radical (unpaired) electrons. The van der Waals surface area contributed by atoms with Gasteiger partial charge in [0.15, 0.2) is 0 Å². The van der Waals surface area contributed by atoms with Crippen LogP contribution in [0.5, 0.6) is 0 Å². The zero-order valence-electron chi connectivity index (χ0n) is 10.9. The minimum atomic E-state index is -4.31. The molecule has 0 aromatic heterocycles. The molecule has 1 unspecified atom stereocenters. The first-order valence-corrected chi connectivity index (χ1v) is 6.14. The van der Waals surface area contributed by atoms with Crippen molar-refractivity contribution in [2.24, 2.45) is 0 Å². The maximum Gasteiger partial charge on any atom is 0.401 e. The number of benzene rings is 1. The van der Waals surface area contributed by atoms with Crippen LogP contribution in [0.2, 0.25) is 0 Å². The maximum absolute atomic E-state index is 13.0. The van der Waals surface area contributed by atoms with Gasteiger partial charge in [-0.25, -0.2) is 8.78 Å². The summed E-state index contributed by atoms with van der Waals surface area (Å²) in [6.07, 6.45) is -5.55. The van der Waals surface area contributed by atoms with Crippen LogP contribution in [0.15, 0.2) is 18.2 Å². The van der Waals surface area contributed by atoms with Crippen molar-refractivity contribution in [3.63, 3.8) is 0 Å². The minimum absolute atomic E-state index is 0.0185. The van der Waals surface area contributed by atoms with E-state index in [4.69, 9.17) is 0 Å². The van der Waals surface area contributed by atoms with Crippen LogP contribution in [0.25, 0.3) is 0 Å². The van der Waals surface area contributed by atoms with E-state index in [1.807, 2.05) is 0 Å². The third-order valence-corrected chi connectivity index (χ3v) is 2.84. The Labute approximate surface area is 113 Å². The third kappa shape index (κ3) is 5.83. The number of rotatable bonds is 6. The summed E-state index contributed by atoms with van der Waals surface area (Å²) in [5.41, 5.74) is 0.0190. The van der Waals surface area contributed by atoms with E-state index in [0.29, 0.717) is 6.07 Å². The van der Waals surface area contributed by atoms with Crippen LogP contribution in [0, 0.1) is 11.6 Å². The van der Waals surface area contributed by atoms with Gasteiger partial charge in [-0.3, -0.25) is 4.90 Å². The second kappa shape index (κ2) is 6.99. The number of hydrogen-bond donors (Lipinski definition) is 1. The van der Waals surface area contributed by atoms with Gasteiger partial charge in [0.25, 0.3) is 0 Å². The highest BCUT2D eigenvalue weighted by Crippen LogP contribution is 2.21. The van der Waals surface area contributed by atoms with Crippen molar-refractivity contribution in [3.8, 4) is 0 Å². The van der Waals surface area contributed by atoms with Crippen LogP contribution in [-0.2, 0) is 0 Å². The highest BCUT2D eigenvalue weighted by Gasteiger charge is 2.30. The van der Waals surface area contributed by atoms with Crippen molar-refractivity contribution < 1.29 is 27.1 Å². The number of alkyl halides is 3. The fraction of sp³-hybridized carbons (Fsp3) is 0.538. The van der Waals surface area contributed by atoms with Crippen LogP contribution in [0.3, 0.4) is 0 Å². The normalized spacial score (nSPS) is 13.8. The molecule has 0 aliphatic carbocycles. The Kier molecular flexibility index (Phi) is 5.88. The van der Waals surface area contributed by atoms with Gasteiger partial charge in [0.1, 0.15) is 11.6 Å². The summed E-state index contributed by atoms with van der Waals surface area (Å²) in [4.78, 5) is 1.11. The van der Waals surface area contributed by atoms with E-state index in [0.717, 1.165) is 17.0 Å². The number of halogens is 5. The van der Waals surface area contributed by atoms with E-state index in [-0.39, 0.29) is 25.1 Å². The van der Waals surface area contributed by atoms with Crippen molar-refractivity contribution in [2.45, 2.75) is 25.6 Å². The van der Waals surface area contributed by atoms with Crippen molar-refractivity contribution >= 4 is 0 Å². The molecular weight excluding hydrogens is 281 g/mol. The van der Waals surface area contributed by atoms with Gasteiger partial charge >= 0.3 is 6.18 Å². The van der Waals surface area contributed by atoms with Crippen molar-refractivity contribution in [1.82, 2.24) is 4.90 Å². The molecule has 1 aromatic rings. The zero-order valence-corrected chi connectivity index (χ0v) is 10.9. The minimum Gasteiger partial charge on any atom is -0.388 e. The van der Waals surface area contributed by atoms with Crippen LogP contribution < -0.4 is 0 Å². The number of aliphatic hydroxyl groups excluding tert-OH is 1. The van der Waals surface area contributed by atoms with Gasteiger partial charge in [-0.2, -0.15) is 13.2 Å². The first kappa shape index (κ1) is 16.8. The lowest BCUT2D eigenvalue weighted by Crippen LogP contribution is -2.35. The Morgan fingerprint density at radius 2 is 1.70 bits per heavy atom. The number of aliphatic hydroxyl groups is 1. The molecule has 7 heteroatoms. The van der Waals surface area contributed by atoms with Gasteiger partial charge in [0.2, 0.25) is 0 Å². The van der Waals surface area contributed by atoms with Gasteiger partial charge < -0.3 is 5.11 Å². The molecule has 0 fully saturated rings. The standard InChI is InChI=1S/C13H16F5NO/c1-2-19(8-13(16,17)18)4-3-12(20)9-5-10(14)7-11(15)6-9/h5-7,12,20H,2-4,8H2,1H3. The van der Waals surface area contributed by atoms with E-state index in [1.54, 1.807) is 6.92 Å². The Bertz CT molecular complexity index is 415. The summed E-state index contributed by atoms with van der Waals surface area (Å²) in [6, 6.07) is 2.60. The molecule has 1 N–H and O–H groups in total. The van der Waals surface area contributed by atoms with E-state index in [2.05, 4.69) is 0 Å². The molecular formula is C13H16F5NO. The zero-order chi connectivity index (χ0) is 15.3. The van der Waals surface area contributed by atoms with Crippen LogP contribution in [-0.4, -0.2) is 35.8 Å². The van der Waals surface area contributed by atoms with Crippen molar-refractivity contribution in [3.05, 3.63) is 35.4 Å². The smallest absolute Gasteiger partial charge is 0.388 e. The summed E-state index contributed by atoms with van der Waals surface area (Å²) in [5.74, 6) is -1.66. The quantitative estimate of drug-likeness (QED) is 0.815. The van der Waals surface area contributed by atoms with Crippen LogP contribution in [0.1, 0.15) is 25.0 Å². The molecule has 0 saturated heterocycles. The van der Waals surface area contributed by atoms with E-state index in [9.17, 15) is 27.1 Å². The lowest BCUT2D eigenvalue weighted by Gasteiger charge is -2.23. The molecule has 2 nitrogen and oxygen atoms in total. The summed E-state index contributed by atoms with van der Waals surface area (Å²) in [6.45, 7) is 0.646. The van der Waals surface area contributed by atoms with Gasteiger partial charge in [-0.1, -0.05) is 6.92 Å². The average molecular weight is 297 g/mol. The summed E-state index contributed by atoms with van der Waals surface area (Å²) >= 11 is 0. The molecule has 0 saturated carbocycles. The molecule has 0 aliphatic heterocycles. The molecule has 1 atom stereocenters. The van der Waals surface area contributed by atoms with Crippen molar-refractivity contribution in [1.29, 1.82) is 0 Å². The SMILES string of the molecule is CCN(CCC(O)c1cc(F)cc(F)c1)CC(F)(F)F. The van der Waals surface area contributed by atoms with Crippen LogP contribution in [0.4, 0.5) is 22.0 Å². The highest BCUT2D eigenvalue weighted by molar-refractivity contribution is 5.20. The third-order valence-electron chi connectivity index (χ3n) is 2.84. The molecule has 1 aromatic carbocycles. The Morgan fingerprint density at radius 3 is 2.15 bits per heavy atom. The number of nitrogens with zero attached hydrogens (tertiary/aromatic N) is 1. The van der Waals surface area contributed by atoms with Gasteiger partial charge in [0, 0.05) is 12.6 Å². The van der Waals surface area contributed by atoms with E-state index in [1.165, 1.54) is 0 Å². The summed E-state index contributed by atoms with van der Waals surface area (Å²) < 4.78 is 62.7. The first-order chi connectivity index (χ1) is 9.21. The van der Waals surface area contributed by atoms with Crippen molar-refractivity contribution in [2.75, 3.05) is 19.6 Å². The van der Waals surface area contributed by atoms with Gasteiger partial charge in [0.05, 0.1) is 12.6 Å². The molecule has 0 heterocycles. The topological polar surface area (TPSA) is 23.5 Å². The molecule has 0 amide bonds. The number of hydrogen-bond acceptors (Lipinski definition) is 2. The Morgan fingerprint density at radius 1 is 1.15 bits per heavy atom. The van der Waals surface area contributed by atoms with Gasteiger partial charge in [-0.15, -0.1) is 0 Å². The predicted octanol–water partition coefficient (Wildman–Crippen LogP) is 3.27. The maximum atomic E-state index is 13.0. The molecule has 0 aliphatic rings. The second-order valence-electron chi connectivity index (χ2n) is 4.49. The fourth-order valence-corrected chi connectivity index (χ4v) is 1.84. The molecule has 0 bridgehead atoms. The largest absolute Gasteiger partial charge is 0.401 e.